The third kappa shape index (κ3) is 3.18. The van der Waals surface area contributed by atoms with Crippen molar-refractivity contribution in [2.24, 2.45) is 11.8 Å². The molecule has 4 rings (SSSR count). The van der Waals surface area contributed by atoms with Gasteiger partial charge in [-0.2, -0.15) is 0 Å². The number of nitrogens with zero attached hydrogens (tertiary/aromatic N) is 1. The Morgan fingerprint density at radius 2 is 2.08 bits per heavy atom. The van der Waals surface area contributed by atoms with E-state index in [1.165, 1.54) is 43.1 Å². The fraction of sp³-hybridized carbons (Fsp3) is 0.474. The zero-order valence-electron chi connectivity index (χ0n) is 14.6. The van der Waals surface area contributed by atoms with Crippen LogP contribution < -0.4 is 5.32 Å². The van der Waals surface area contributed by atoms with Crippen LogP contribution in [-0.2, 0) is 9.84 Å². The zero-order valence-corrected chi connectivity index (χ0v) is 16.3. The summed E-state index contributed by atoms with van der Waals surface area (Å²) in [6.45, 7) is 1.58. The highest BCUT2D eigenvalue weighted by molar-refractivity contribution is 7.91. The Labute approximate surface area is 157 Å². The Balaban J connectivity index is 1.53. The van der Waals surface area contributed by atoms with Gasteiger partial charge in [-0.15, -0.1) is 11.3 Å². The average molecular weight is 391 g/mol. The van der Waals surface area contributed by atoms with E-state index in [4.69, 9.17) is 0 Å². The molecule has 2 aliphatic carbocycles. The van der Waals surface area contributed by atoms with Gasteiger partial charge in [0.2, 0.25) is 0 Å². The van der Waals surface area contributed by atoms with Crippen LogP contribution in [0.25, 0.3) is 0 Å². The molecule has 1 N–H and O–H groups in total. The first-order chi connectivity index (χ1) is 12.5. The molecule has 5 nitrogen and oxygen atoms in total. The smallest absolute Gasteiger partial charge is 0.258 e. The minimum absolute atomic E-state index is 0.0388. The van der Waals surface area contributed by atoms with Gasteiger partial charge in [-0.05, 0) is 43.2 Å². The lowest BCUT2D eigenvalue weighted by atomic mass is 9.87. The lowest BCUT2D eigenvalue weighted by Gasteiger charge is -2.19. The number of nitrogens with one attached hydrogen (secondary N) is 1. The normalized spacial score (nSPS) is 24.7. The summed E-state index contributed by atoms with van der Waals surface area (Å²) in [7, 11) is -3.46. The highest BCUT2D eigenvalue weighted by Crippen LogP contribution is 2.52. The molecule has 2 bridgehead atoms. The van der Waals surface area contributed by atoms with E-state index in [2.05, 4.69) is 10.3 Å². The van der Waals surface area contributed by atoms with Crippen molar-refractivity contribution in [1.82, 2.24) is 4.98 Å². The number of hydrogen-bond acceptors (Lipinski definition) is 5. The van der Waals surface area contributed by atoms with Gasteiger partial charge < -0.3 is 0 Å². The van der Waals surface area contributed by atoms with E-state index in [1.807, 2.05) is 5.38 Å². The molecule has 1 aromatic heterocycles. The molecule has 7 heteroatoms. The van der Waals surface area contributed by atoms with Gasteiger partial charge >= 0.3 is 0 Å². The minimum Gasteiger partial charge on any atom is -0.298 e. The number of carbonyl (C=O) groups is 1. The Morgan fingerprint density at radius 1 is 1.27 bits per heavy atom. The van der Waals surface area contributed by atoms with Gasteiger partial charge in [-0.3, -0.25) is 10.1 Å². The van der Waals surface area contributed by atoms with Crippen molar-refractivity contribution in [3.05, 3.63) is 40.9 Å². The number of amides is 1. The third-order valence-corrected chi connectivity index (χ3v) is 8.27. The maximum atomic E-state index is 12.6. The number of rotatable bonds is 5. The van der Waals surface area contributed by atoms with E-state index in [9.17, 15) is 13.2 Å². The fourth-order valence-electron chi connectivity index (χ4n) is 4.37. The van der Waals surface area contributed by atoms with Crippen molar-refractivity contribution in [3.8, 4) is 0 Å². The molecule has 3 atom stereocenters. The monoisotopic (exact) mass is 390 g/mol. The molecule has 2 fully saturated rings. The summed E-state index contributed by atoms with van der Waals surface area (Å²) in [4.78, 5) is 17.3. The highest BCUT2D eigenvalue weighted by Gasteiger charge is 2.41. The van der Waals surface area contributed by atoms with Crippen molar-refractivity contribution in [1.29, 1.82) is 0 Å². The Hall–Kier alpha value is -1.73. The number of fused-ring (bicyclic) bond motifs is 2. The van der Waals surface area contributed by atoms with E-state index in [-0.39, 0.29) is 16.2 Å². The second-order valence-corrected chi connectivity index (χ2v) is 10.3. The van der Waals surface area contributed by atoms with Crippen molar-refractivity contribution in [2.45, 2.75) is 43.4 Å². The van der Waals surface area contributed by atoms with Crippen LogP contribution in [0.2, 0.25) is 0 Å². The molecule has 1 aromatic carbocycles. The standard InChI is InChI=1S/C19H22N2O3S2/c1-2-26(23,24)17-6-4-3-5-14(17)18(22)21-19-20-16(11-25-19)15-10-12-7-8-13(15)9-12/h3-6,11-13,15H,2,7-10H2,1H3,(H,20,21,22). The van der Waals surface area contributed by atoms with Crippen molar-refractivity contribution >= 4 is 32.2 Å². The summed E-state index contributed by atoms with van der Waals surface area (Å²) in [5, 5.41) is 5.36. The molecular weight excluding hydrogens is 368 g/mol. The second-order valence-electron chi connectivity index (χ2n) is 7.21. The molecule has 3 unspecified atom stereocenters. The Morgan fingerprint density at radius 3 is 2.77 bits per heavy atom. The predicted molar refractivity (Wildman–Crippen MR) is 102 cm³/mol. The van der Waals surface area contributed by atoms with Crippen LogP contribution in [0.3, 0.4) is 0 Å². The lowest BCUT2D eigenvalue weighted by molar-refractivity contribution is 0.102. The van der Waals surface area contributed by atoms with Crippen LogP contribution in [0.4, 0.5) is 5.13 Å². The summed E-state index contributed by atoms with van der Waals surface area (Å²) in [6, 6.07) is 6.33. The summed E-state index contributed by atoms with van der Waals surface area (Å²) in [5.41, 5.74) is 1.25. The van der Waals surface area contributed by atoms with Crippen molar-refractivity contribution in [2.75, 3.05) is 11.1 Å². The quantitative estimate of drug-likeness (QED) is 0.834. The predicted octanol–water partition coefficient (Wildman–Crippen LogP) is 4.09. The van der Waals surface area contributed by atoms with Gasteiger partial charge in [0.25, 0.3) is 5.91 Å². The van der Waals surface area contributed by atoms with Crippen LogP contribution in [0.15, 0.2) is 34.5 Å². The molecule has 0 aliphatic heterocycles. The summed E-state index contributed by atoms with van der Waals surface area (Å²) in [5.74, 6) is 1.63. The van der Waals surface area contributed by atoms with Crippen molar-refractivity contribution < 1.29 is 13.2 Å². The minimum atomic E-state index is -3.46. The van der Waals surface area contributed by atoms with Crippen molar-refractivity contribution in [3.63, 3.8) is 0 Å². The summed E-state index contributed by atoms with van der Waals surface area (Å²) < 4.78 is 24.5. The molecule has 0 saturated heterocycles. The van der Waals surface area contributed by atoms with Gasteiger partial charge in [0.15, 0.2) is 15.0 Å². The van der Waals surface area contributed by atoms with Gasteiger partial charge in [0.1, 0.15) is 0 Å². The summed E-state index contributed by atoms with van der Waals surface area (Å²) >= 11 is 1.41. The van der Waals surface area contributed by atoms with E-state index in [0.29, 0.717) is 11.0 Å². The van der Waals surface area contributed by atoms with E-state index >= 15 is 0 Å². The first-order valence-corrected chi connectivity index (χ1v) is 11.6. The second kappa shape index (κ2) is 6.78. The molecule has 2 aliphatic rings. The number of anilines is 1. The van der Waals surface area contributed by atoms with Crippen LogP contribution in [0.5, 0.6) is 0 Å². The Bertz CT molecular complexity index is 936. The van der Waals surface area contributed by atoms with E-state index in [1.54, 1.807) is 25.1 Å². The van der Waals surface area contributed by atoms with Crippen LogP contribution >= 0.6 is 11.3 Å². The number of benzene rings is 1. The van der Waals surface area contributed by atoms with Gasteiger partial charge in [-0.1, -0.05) is 25.5 Å². The Kier molecular flexibility index (Phi) is 4.61. The van der Waals surface area contributed by atoms with Crippen LogP contribution in [0, 0.1) is 11.8 Å². The van der Waals surface area contributed by atoms with Gasteiger partial charge in [-0.25, -0.2) is 13.4 Å². The average Bonchev–Trinajstić information content (AvgIpc) is 3.38. The number of hydrogen-bond donors (Lipinski definition) is 1. The maximum absolute atomic E-state index is 12.6. The summed E-state index contributed by atoms with van der Waals surface area (Å²) in [6.07, 6.45) is 5.15. The van der Waals surface area contributed by atoms with Gasteiger partial charge in [0, 0.05) is 11.3 Å². The van der Waals surface area contributed by atoms with Crippen LogP contribution in [-0.4, -0.2) is 25.1 Å². The molecule has 0 spiro atoms. The molecule has 2 saturated carbocycles. The molecule has 0 radical (unpaired) electrons. The molecule has 1 amide bonds. The maximum Gasteiger partial charge on any atom is 0.258 e. The first-order valence-electron chi connectivity index (χ1n) is 9.06. The largest absolute Gasteiger partial charge is 0.298 e. The van der Waals surface area contributed by atoms with E-state index in [0.717, 1.165) is 17.5 Å². The first kappa shape index (κ1) is 17.7. The van der Waals surface area contributed by atoms with Gasteiger partial charge in [0.05, 0.1) is 21.9 Å². The SMILES string of the molecule is CCS(=O)(=O)c1ccccc1C(=O)Nc1nc(C2CC3CCC2C3)cs1. The highest BCUT2D eigenvalue weighted by atomic mass is 32.2. The number of sulfone groups is 1. The molecule has 2 aromatic rings. The molecule has 26 heavy (non-hydrogen) atoms. The lowest BCUT2D eigenvalue weighted by Crippen LogP contribution is -2.17. The zero-order chi connectivity index (χ0) is 18.3. The van der Waals surface area contributed by atoms with E-state index < -0.39 is 15.7 Å². The third-order valence-electron chi connectivity index (χ3n) is 5.71. The van der Waals surface area contributed by atoms with Crippen LogP contribution in [0.1, 0.15) is 54.6 Å². The topological polar surface area (TPSA) is 76.1 Å². The molecule has 1 heterocycles. The number of aromatic nitrogens is 1. The molecular formula is C19H22N2O3S2. The molecule has 138 valence electrons. The fourth-order valence-corrected chi connectivity index (χ4v) is 6.23. The number of carbonyl (C=O) groups excluding carboxylic acids is 1. The number of thiazole rings is 1.